The molecule has 0 saturated heterocycles. The highest BCUT2D eigenvalue weighted by atomic mass is 19.4. The summed E-state index contributed by atoms with van der Waals surface area (Å²) in [4.78, 5) is 54.3. The van der Waals surface area contributed by atoms with Gasteiger partial charge in [0, 0.05) is 49.5 Å². The van der Waals surface area contributed by atoms with Gasteiger partial charge in [0.15, 0.2) is 0 Å². The van der Waals surface area contributed by atoms with E-state index in [2.05, 4.69) is 10.3 Å². The number of hydrogen-bond acceptors (Lipinski definition) is 6. The Balaban J connectivity index is 1.65. The van der Waals surface area contributed by atoms with E-state index in [9.17, 15) is 46.2 Å². The number of carbonyl (C=O) groups excluding carboxylic acids is 1. The maximum absolute atomic E-state index is 14.8. The Hall–Kier alpha value is -5.08. The zero-order valence-electron chi connectivity index (χ0n) is 23.5. The third-order valence-electron chi connectivity index (χ3n) is 7.04. The minimum absolute atomic E-state index is 0.150. The second kappa shape index (κ2) is 12.3. The van der Waals surface area contributed by atoms with Crippen molar-refractivity contribution in [2.75, 3.05) is 5.32 Å². The maximum atomic E-state index is 14.8. The van der Waals surface area contributed by atoms with Crippen molar-refractivity contribution in [3.8, 4) is 11.1 Å². The SMILES string of the molecule is CCC(Nc1cc(F)c(C(=O)NC(Cc2ccc(-c3cn(C)c(=O)n(C)c3=O)c3ncccc23)C(=O)O)c(F)c1)C(F)(F)F. The lowest BCUT2D eigenvalue weighted by Gasteiger charge is -2.22. The van der Waals surface area contributed by atoms with Gasteiger partial charge in [-0.05, 0) is 30.2 Å². The zero-order chi connectivity index (χ0) is 32.5. The molecule has 1 amide bonds. The number of anilines is 1. The highest BCUT2D eigenvalue weighted by molar-refractivity contribution is 5.98. The van der Waals surface area contributed by atoms with E-state index in [1.165, 1.54) is 50.1 Å². The molecule has 2 aromatic carbocycles. The van der Waals surface area contributed by atoms with Crippen LogP contribution < -0.4 is 21.9 Å². The zero-order valence-corrected chi connectivity index (χ0v) is 23.5. The lowest BCUT2D eigenvalue weighted by Crippen LogP contribution is -2.43. The molecular weight excluding hydrogens is 593 g/mol. The Labute approximate surface area is 245 Å². The van der Waals surface area contributed by atoms with Crippen LogP contribution in [0.1, 0.15) is 29.3 Å². The first-order valence-corrected chi connectivity index (χ1v) is 13.1. The van der Waals surface area contributed by atoms with Crippen LogP contribution in [0.2, 0.25) is 0 Å². The maximum Gasteiger partial charge on any atom is 0.408 e. The van der Waals surface area contributed by atoms with Crippen LogP contribution in [-0.2, 0) is 25.3 Å². The molecule has 44 heavy (non-hydrogen) atoms. The number of benzene rings is 2. The van der Waals surface area contributed by atoms with Crippen molar-refractivity contribution < 1.29 is 36.6 Å². The van der Waals surface area contributed by atoms with Gasteiger partial charge in [0.25, 0.3) is 11.5 Å². The minimum Gasteiger partial charge on any atom is -0.480 e. The number of carbonyl (C=O) groups is 2. The van der Waals surface area contributed by atoms with E-state index >= 15 is 0 Å². The second-order valence-electron chi connectivity index (χ2n) is 10.0. The molecule has 0 aliphatic rings. The van der Waals surface area contributed by atoms with Crippen LogP contribution in [-0.4, -0.2) is 49.4 Å². The molecule has 3 N–H and O–H groups in total. The predicted octanol–water partition coefficient (Wildman–Crippen LogP) is 3.76. The van der Waals surface area contributed by atoms with Gasteiger partial charge in [-0.15, -0.1) is 0 Å². The normalized spacial score (nSPS) is 13.0. The Kier molecular flexibility index (Phi) is 8.88. The van der Waals surface area contributed by atoms with Crippen molar-refractivity contribution in [2.45, 2.75) is 38.0 Å². The van der Waals surface area contributed by atoms with E-state index in [4.69, 9.17) is 0 Å². The van der Waals surface area contributed by atoms with Crippen LogP contribution in [0, 0.1) is 11.6 Å². The molecule has 15 heteroatoms. The lowest BCUT2D eigenvalue weighted by molar-refractivity contribution is -0.143. The minimum atomic E-state index is -4.70. The highest BCUT2D eigenvalue weighted by Crippen LogP contribution is 2.29. The molecule has 0 saturated carbocycles. The fraction of sp³-hybridized carbons (Fsp3) is 0.276. The van der Waals surface area contributed by atoms with Crippen molar-refractivity contribution in [1.29, 1.82) is 0 Å². The molecule has 0 aliphatic carbocycles. The summed E-state index contributed by atoms with van der Waals surface area (Å²) in [6.07, 6.45) is -2.70. The van der Waals surface area contributed by atoms with Crippen molar-refractivity contribution in [3.05, 3.63) is 92.4 Å². The number of carboxylic acid groups (broad SMARTS) is 1. The molecule has 0 fully saturated rings. The van der Waals surface area contributed by atoms with Gasteiger partial charge in [0.1, 0.15) is 29.3 Å². The number of carboxylic acids is 1. The van der Waals surface area contributed by atoms with Crippen LogP contribution >= 0.6 is 0 Å². The molecule has 2 atom stereocenters. The van der Waals surface area contributed by atoms with Crippen LogP contribution in [0.25, 0.3) is 22.0 Å². The quantitative estimate of drug-likeness (QED) is 0.243. The first-order valence-electron chi connectivity index (χ1n) is 13.1. The lowest BCUT2D eigenvalue weighted by atomic mass is 9.96. The molecule has 0 spiro atoms. The Morgan fingerprint density at radius 3 is 2.30 bits per heavy atom. The van der Waals surface area contributed by atoms with E-state index in [0.717, 1.165) is 4.57 Å². The monoisotopic (exact) mass is 619 g/mol. The van der Waals surface area contributed by atoms with Gasteiger partial charge in [0.05, 0.1) is 11.1 Å². The van der Waals surface area contributed by atoms with Crippen molar-refractivity contribution in [3.63, 3.8) is 0 Å². The first kappa shape index (κ1) is 31.8. The van der Waals surface area contributed by atoms with Gasteiger partial charge in [-0.25, -0.2) is 18.4 Å². The Bertz CT molecular complexity index is 1860. The van der Waals surface area contributed by atoms with Gasteiger partial charge in [0.2, 0.25) is 0 Å². The molecule has 2 heterocycles. The molecule has 4 aromatic rings. The van der Waals surface area contributed by atoms with E-state index in [1.807, 2.05) is 5.32 Å². The van der Waals surface area contributed by atoms with E-state index in [-0.39, 0.29) is 12.0 Å². The average molecular weight is 620 g/mol. The highest BCUT2D eigenvalue weighted by Gasteiger charge is 2.38. The third kappa shape index (κ3) is 6.31. The van der Waals surface area contributed by atoms with Crippen LogP contribution in [0.3, 0.4) is 0 Å². The van der Waals surface area contributed by atoms with Crippen molar-refractivity contribution >= 4 is 28.5 Å². The summed E-state index contributed by atoms with van der Waals surface area (Å²) in [6.45, 7) is 1.23. The fourth-order valence-corrected chi connectivity index (χ4v) is 4.76. The number of rotatable bonds is 9. The van der Waals surface area contributed by atoms with Crippen molar-refractivity contribution in [2.24, 2.45) is 14.1 Å². The molecular formula is C29H26F5N5O5. The molecule has 2 unspecified atom stereocenters. The molecule has 4 rings (SSSR count). The molecule has 232 valence electrons. The summed E-state index contributed by atoms with van der Waals surface area (Å²) in [5.74, 6) is -5.97. The number of aliphatic carboxylic acids is 1. The van der Waals surface area contributed by atoms with E-state index in [0.29, 0.717) is 34.2 Å². The topological polar surface area (TPSA) is 135 Å². The van der Waals surface area contributed by atoms with Gasteiger partial charge >= 0.3 is 17.8 Å². The number of alkyl halides is 3. The molecule has 2 aromatic heterocycles. The standard InChI is InChI=1S/C29H26F5N5O5/c1-4-22(29(32,33)34)36-15-11-19(30)23(20(31)12-15)25(40)37-21(27(42)43)10-14-7-8-17(24-16(14)6-5-9-35-24)18-13-38(2)28(44)39(3)26(18)41/h5-9,11-13,21-22,36H,4,10H2,1-3H3,(H,37,40)(H,42,43). The number of pyridine rings is 1. The second-order valence-corrected chi connectivity index (χ2v) is 10.0. The number of amides is 1. The number of nitrogens with zero attached hydrogens (tertiary/aromatic N) is 3. The Morgan fingerprint density at radius 2 is 1.70 bits per heavy atom. The predicted molar refractivity (Wildman–Crippen MR) is 150 cm³/mol. The number of fused-ring (bicyclic) bond motifs is 1. The van der Waals surface area contributed by atoms with Crippen LogP contribution in [0.15, 0.2) is 58.4 Å². The molecule has 0 bridgehead atoms. The summed E-state index contributed by atoms with van der Waals surface area (Å²) >= 11 is 0. The number of aryl methyl sites for hydroxylation is 1. The average Bonchev–Trinajstić information content (AvgIpc) is 2.95. The summed E-state index contributed by atoms with van der Waals surface area (Å²) in [7, 11) is 2.79. The van der Waals surface area contributed by atoms with E-state index < -0.39 is 70.7 Å². The smallest absolute Gasteiger partial charge is 0.408 e. The summed E-state index contributed by atoms with van der Waals surface area (Å²) in [5, 5.41) is 14.3. The number of nitrogens with one attached hydrogen (secondary N) is 2. The number of halogens is 5. The van der Waals surface area contributed by atoms with Crippen LogP contribution in [0.5, 0.6) is 0 Å². The first-order chi connectivity index (χ1) is 20.6. The molecule has 0 aliphatic heterocycles. The largest absolute Gasteiger partial charge is 0.480 e. The third-order valence-corrected chi connectivity index (χ3v) is 7.04. The molecule has 10 nitrogen and oxygen atoms in total. The van der Waals surface area contributed by atoms with Gasteiger partial charge in [-0.3, -0.25) is 19.1 Å². The van der Waals surface area contributed by atoms with Gasteiger partial charge < -0.3 is 20.3 Å². The molecule has 0 radical (unpaired) electrons. The van der Waals surface area contributed by atoms with Gasteiger partial charge in [-0.1, -0.05) is 25.1 Å². The summed E-state index contributed by atoms with van der Waals surface area (Å²) in [5.41, 5.74) is -1.71. The van der Waals surface area contributed by atoms with Gasteiger partial charge in [-0.2, -0.15) is 13.2 Å². The Morgan fingerprint density at radius 1 is 1.05 bits per heavy atom. The van der Waals surface area contributed by atoms with E-state index in [1.54, 1.807) is 12.1 Å². The summed E-state index contributed by atoms with van der Waals surface area (Å²) in [6, 6.07) is 3.40. The number of hydrogen-bond donors (Lipinski definition) is 3. The van der Waals surface area contributed by atoms with Crippen molar-refractivity contribution in [1.82, 2.24) is 19.4 Å². The fourth-order valence-electron chi connectivity index (χ4n) is 4.76. The summed E-state index contributed by atoms with van der Waals surface area (Å²) < 4.78 is 71.0. The number of aromatic nitrogens is 3. The van der Waals surface area contributed by atoms with Crippen LogP contribution in [0.4, 0.5) is 27.6 Å².